The van der Waals surface area contributed by atoms with Gasteiger partial charge in [0.05, 0.1) is 13.5 Å². The van der Waals surface area contributed by atoms with Gasteiger partial charge in [-0.2, -0.15) is 0 Å². The fraction of sp³-hybridized carbons (Fsp3) is 0.588. The second-order valence-electron chi connectivity index (χ2n) is 6.09. The zero-order chi connectivity index (χ0) is 15.4. The SMILES string of the molecule is COc1ccc(CC(=O)N2CCN(C3CCNC3)CC2)cc1. The molecule has 5 heteroatoms. The zero-order valence-corrected chi connectivity index (χ0v) is 13.3. The first kappa shape index (κ1) is 15.3. The zero-order valence-electron chi connectivity index (χ0n) is 13.3. The third-order valence-electron chi connectivity index (χ3n) is 4.73. The van der Waals surface area contributed by atoms with Crippen molar-refractivity contribution in [1.82, 2.24) is 15.1 Å². The molecule has 0 aliphatic carbocycles. The van der Waals surface area contributed by atoms with Gasteiger partial charge < -0.3 is 15.0 Å². The van der Waals surface area contributed by atoms with E-state index in [1.54, 1.807) is 7.11 Å². The van der Waals surface area contributed by atoms with E-state index in [1.165, 1.54) is 6.42 Å². The first-order chi connectivity index (χ1) is 10.8. The van der Waals surface area contributed by atoms with Gasteiger partial charge in [-0.3, -0.25) is 9.69 Å². The van der Waals surface area contributed by atoms with Crippen molar-refractivity contribution >= 4 is 5.91 Å². The van der Waals surface area contributed by atoms with Crippen molar-refractivity contribution < 1.29 is 9.53 Å². The highest BCUT2D eigenvalue weighted by Crippen LogP contribution is 2.15. The minimum atomic E-state index is 0.231. The Balaban J connectivity index is 1.48. The molecule has 1 aromatic carbocycles. The lowest BCUT2D eigenvalue weighted by atomic mass is 10.1. The minimum Gasteiger partial charge on any atom is -0.497 e. The highest BCUT2D eigenvalue weighted by atomic mass is 16.5. The summed E-state index contributed by atoms with van der Waals surface area (Å²) in [4.78, 5) is 16.9. The predicted molar refractivity (Wildman–Crippen MR) is 86.1 cm³/mol. The first-order valence-corrected chi connectivity index (χ1v) is 8.12. The number of nitrogens with zero attached hydrogens (tertiary/aromatic N) is 2. The summed E-state index contributed by atoms with van der Waals surface area (Å²) in [5.41, 5.74) is 1.05. The summed E-state index contributed by atoms with van der Waals surface area (Å²) in [6.45, 7) is 5.93. The van der Waals surface area contributed by atoms with Gasteiger partial charge in [0.25, 0.3) is 0 Å². The molecule has 2 heterocycles. The molecule has 120 valence electrons. The van der Waals surface area contributed by atoms with Crippen molar-refractivity contribution in [3.05, 3.63) is 29.8 Å². The molecule has 1 aromatic rings. The Labute approximate surface area is 132 Å². The van der Waals surface area contributed by atoms with Crippen LogP contribution in [0.2, 0.25) is 0 Å². The standard InChI is InChI=1S/C17H25N3O2/c1-22-16-4-2-14(3-5-16)12-17(21)20-10-8-19(9-11-20)15-6-7-18-13-15/h2-5,15,18H,6-13H2,1H3. The number of hydrogen-bond acceptors (Lipinski definition) is 4. The fourth-order valence-electron chi connectivity index (χ4n) is 3.32. The molecule has 5 nitrogen and oxygen atoms in total. The quantitative estimate of drug-likeness (QED) is 0.891. The van der Waals surface area contributed by atoms with Crippen LogP contribution in [0.5, 0.6) is 5.75 Å². The van der Waals surface area contributed by atoms with Gasteiger partial charge >= 0.3 is 0 Å². The maximum absolute atomic E-state index is 12.4. The van der Waals surface area contributed by atoms with Crippen LogP contribution in [0.1, 0.15) is 12.0 Å². The Morgan fingerprint density at radius 1 is 1.23 bits per heavy atom. The van der Waals surface area contributed by atoms with Gasteiger partial charge in [0.1, 0.15) is 5.75 Å². The van der Waals surface area contributed by atoms with E-state index in [4.69, 9.17) is 4.74 Å². The van der Waals surface area contributed by atoms with Crippen LogP contribution in [-0.4, -0.2) is 68.1 Å². The van der Waals surface area contributed by atoms with Gasteiger partial charge in [-0.05, 0) is 30.7 Å². The molecule has 1 atom stereocenters. The summed E-state index contributed by atoms with van der Waals surface area (Å²) >= 11 is 0. The number of carbonyl (C=O) groups is 1. The lowest BCUT2D eigenvalue weighted by molar-refractivity contribution is -0.132. The Bertz CT molecular complexity index is 489. The Hall–Kier alpha value is -1.59. The fourth-order valence-corrected chi connectivity index (χ4v) is 3.32. The maximum Gasteiger partial charge on any atom is 0.227 e. The number of methoxy groups -OCH3 is 1. The summed E-state index contributed by atoms with van der Waals surface area (Å²) in [7, 11) is 1.65. The summed E-state index contributed by atoms with van der Waals surface area (Å²) in [5, 5.41) is 3.41. The van der Waals surface area contributed by atoms with Crippen LogP contribution in [0.15, 0.2) is 24.3 Å². The van der Waals surface area contributed by atoms with Crippen LogP contribution >= 0.6 is 0 Å². The molecule has 0 saturated carbocycles. The molecule has 0 bridgehead atoms. The first-order valence-electron chi connectivity index (χ1n) is 8.12. The molecule has 2 saturated heterocycles. The molecule has 2 aliphatic heterocycles. The highest BCUT2D eigenvalue weighted by molar-refractivity contribution is 5.79. The van der Waals surface area contributed by atoms with Crippen LogP contribution in [0, 0.1) is 0 Å². The van der Waals surface area contributed by atoms with Crippen LogP contribution in [-0.2, 0) is 11.2 Å². The van der Waals surface area contributed by atoms with Crippen LogP contribution in [0.3, 0.4) is 0 Å². The second kappa shape index (κ2) is 7.11. The number of rotatable bonds is 4. The molecule has 2 fully saturated rings. The van der Waals surface area contributed by atoms with E-state index in [1.807, 2.05) is 29.2 Å². The van der Waals surface area contributed by atoms with E-state index in [0.717, 1.165) is 50.6 Å². The lowest BCUT2D eigenvalue weighted by Gasteiger charge is -2.37. The summed E-state index contributed by atoms with van der Waals surface area (Å²) in [5.74, 6) is 1.06. The molecule has 0 aromatic heterocycles. The molecule has 1 unspecified atom stereocenters. The van der Waals surface area contributed by atoms with Crippen molar-refractivity contribution in [3.8, 4) is 5.75 Å². The second-order valence-corrected chi connectivity index (χ2v) is 6.09. The average molecular weight is 303 g/mol. The summed E-state index contributed by atoms with van der Waals surface area (Å²) in [6, 6.07) is 8.43. The molecular weight excluding hydrogens is 278 g/mol. The smallest absolute Gasteiger partial charge is 0.227 e. The van der Waals surface area contributed by atoms with Crippen molar-refractivity contribution in [1.29, 1.82) is 0 Å². The monoisotopic (exact) mass is 303 g/mol. The van der Waals surface area contributed by atoms with E-state index in [2.05, 4.69) is 10.2 Å². The van der Waals surface area contributed by atoms with Crippen molar-refractivity contribution in [3.63, 3.8) is 0 Å². The third-order valence-corrected chi connectivity index (χ3v) is 4.73. The molecule has 1 amide bonds. The third kappa shape index (κ3) is 3.59. The largest absolute Gasteiger partial charge is 0.497 e. The van der Waals surface area contributed by atoms with E-state index in [-0.39, 0.29) is 5.91 Å². The Kier molecular flexibility index (Phi) is 4.95. The van der Waals surface area contributed by atoms with Gasteiger partial charge in [0.15, 0.2) is 0 Å². The molecular formula is C17H25N3O2. The average Bonchev–Trinajstić information content (AvgIpc) is 3.10. The van der Waals surface area contributed by atoms with E-state index >= 15 is 0 Å². The molecule has 1 N–H and O–H groups in total. The summed E-state index contributed by atoms with van der Waals surface area (Å²) < 4.78 is 5.15. The number of amides is 1. The van der Waals surface area contributed by atoms with E-state index in [9.17, 15) is 4.79 Å². The molecule has 2 aliphatic rings. The van der Waals surface area contributed by atoms with Crippen molar-refractivity contribution in [2.45, 2.75) is 18.9 Å². The molecule has 0 spiro atoms. The van der Waals surface area contributed by atoms with Gasteiger partial charge in [-0.25, -0.2) is 0 Å². The van der Waals surface area contributed by atoms with Crippen LogP contribution < -0.4 is 10.1 Å². The van der Waals surface area contributed by atoms with Gasteiger partial charge in [0.2, 0.25) is 5.91 Å². The molecule has 3 rings (SSSR count). The normalized spacial score (nSPS) is 22.8. The predicted octanol–water partition coefficient (Wildman–Crippen LogP) is 0.744. The molecule has 22 heavy (non-hydrogen) atoms. The van der Waals surface area contributed by atoms with Crippen molar-refractivity contribution in [2.24, 2.45) is 0 Å². The van der Waals surface area contributed by atoms with E-state index in [0.29, 0.717) is 12.5 Å². The van der Waals surface area contributed by atoms with Crippen LogP contribution in [0.25, 0.3) is 0 Å². The minimum absolute atomic E-state index is 0.231. The van der Waals surface area contributed by atoms with Gasteiger partial charge in [-0.1, -0.05) is 12.1 Å². The number of nitrogens with one attached hydrogen (secondary N) is 1. The van der Waals surface area contributed by atoms with Crippen molar-refractivity contribution in [2.75, 3.05) is 46.4 Å². The topological polar surface area (TPSA) is 44.8 Å². The Morgan fingerprint density at radius 2 is 1.95 bits per heavy atom. The van der Waals surface area contributed by atoms with Gasteiger partial charge in [0, 0.05) is 38.8 Å². The lowest BCUT2D eigenvalue weighted by Crippen LogP contribution is -2.52. The highest BCUT2D eigenvalue weighted by Gasteiger charge is 2.27. The number of hydrogen-bond donors (Lipinski definition) is 1. The maximum atomic E-state index is 12.4. The number of piperazine rings is 1. The number of ether oxygens (including phenoxy) is 1. The number of benzene rings is 1. The number of carbonyl (C=O) groups excluding carboxylic acids is 1. The molecule has 0 radical (unpaired) electrons. The summed E-state index contributed by atoms with van der Waals surface area (Å²) in [6.07, 6.45) is 1.72. The Morgan fingerprint density at radius 3 is 2.55 bits per heavy atom. The van der Waals surface area contributed by atoms with Crippen LogP contribution in [0.4, 0.5) is 0 Å². The van der Waals surface area contributed by atoms with E-state index < -0.39 is 0 Å². The van der Waals surface area contributed by atoms with Gasteiger partial charge in [-0.15, -0.1) is 0 Å².